The van der Waals surface area contributed by atoms with E-state index in [-0.39, 0.29) is 25.1 Å². The van der Waals surface area contributed by atoms with Crippen molar-refractivity contribution in [2.45, 2.75) is 30.7 Å². The minimum absolute atomic E-state index is 0.190. The van der Waals surface area contributed by atoms with Gasteiger partial charge in [-0.1, -0.05) is 12.1 Å². The maximum atomic E-state index is 13.2. The predicted octanol–water partition coefficient (Wildman–Crippen LogP) is 2.08. The normalized spacial score (nSPS) is 20.3. The summed E-state index contributed by atoms with van der Waals surface area (Å²) < 4.78 is 26.4. The van der Waals surface area contributed by atoms with Gasteiger partial charge in [0.2, 0.25) is 5.92 Å². The second-order valence-electron chi connectivity index (χ2n) is 5.78. The highest BCUT2D eigenvalue weighted by Gasteiger charge is 2.56. The summed E-state index contributed by atoms with van der Waals surface area (Å²) in [6.07, 6.45) is -0.411. The molecule has 0 spiro atoms. The first-order chi connectivity index (χ1) is 8.78. The minimum atomic E-state index is -2.61. The zero-order valence-corrected chi connectivity index (χ0v) is 11.3. The lowest BCUT2D eigenvalue weighted by Crippen LogP contribution is -2.53. The highest BCUT2D eigenvalue weighted by Crippen LogP contribution is 2.53. The molecule has 0 atom stereocenters. The Kier molecular flexibility index (Phi) is 3.53. The van der Waals surface area contributed by atoms with Gasteiger partial charge in [0.05, 0.1) is 0 Å². The van der Waals surface area contributed by atoms with Crippen molar-refractivity contribution in [3.05, 3.63) is 29.3 Å². The molecule has 2 rings (SSSR count). The van der Waals surface area contributed by atoms with Crippen LogP contribution in [0.5, 0.6) is 5.75 Å². The molecule has 1 fully saturated rings. The van der Waals surface area contributed by atoms with Crippen LogP contribution in [-0.4, -0.2) is 36.6 Å². The van der Waals surface area contributed by atoms with Crippen molar-refractivity contribution in [3.8, 4) is 5.75 Å². The van der Waals surface area contributed by atoms with Crippen LogP contribution in [0.15, 0.2) is 18.2 Å². The summed E-state index contributed by atoms with van der Waals surface area (Å²) in [5.41, 5.74) is 6.61. The van der Waals surface area contributed by atoms with E-state index in [1.807, 2.05) is 19.0 Å². The molecule has 0 radical (unpaired) electrons. The molecule has 0 heterocycles. The fourth-order valence-corrected chi connectivity index (χ4v) is 2.79. The molecule has 5 heteroatoms. The Morgan fingerprint density at radius 3 is 2.42 bits per heavy atom. The van der Waals surface area contributed by atoms with Crippen molar-refractivity contribution in [1.82, 2.24) is 4.90 Å². The molecule has 1 aliphatic rings. The number of phenolic OH excluding ortho intramolecular Hbond substituents is 1. The van der Waals surface area contributed by atoms with E-state index in [1.54, 1.807) is 18.2 Å². The largest absolute Gasteiger partial charge is 0.508 e. The highest BCUT2D eigenvalue weighted by molar-refractivity contribution is 5.41. The standard InChI is InChI=1S/C14H20F2N2O/c1-18(2)6-10-5-11(3-4-12(10)19)13(9-17)7-14(15,16)8-13/h3-5,19H,6-9,17H2,1-2H3. The molecule has 0 amide bonds. The fourth-order valence-electron chi connectivity index (χ4n) is 2.79. The first-order valence-corrected chi connectivity index (χ1v) is 6.33. The zero-order chi connectivity index (χ0) is 14.3. The Labute approximate surface area is 112 Å². The number of alkyl halides is 2. The monoisotopic (exact) mass is 270 g/mol. The summed E-state index contributed by atoms with van der Waals surface area (Å²) in [4.78, 5) is 1.92. The number of hydrogen-bond donors (Lipinski definition) is 2. The molecule has 0 bridgehead atoms. The van der Waals surface area contributed by atoms with Gasteiger partial charge < -0.3 is 15.7 Å². The van der Waals surface area contributed by atoms with E-state index in [0.717, 1.165) is 11.1 Å². The van der Waals surface area contributed by atoms with Crippen LogP contribution in [0.25, 0.3) is 0 Å². The Morgan fingerprint density at radius 2 is 1.95 bits per heavy atom. The van der Waals surface area contributed by atoms with Gasteiger partial charge in [-0.25, -0.2) is 8.78 Å². The SMILES string of the molecule is CN(C)Cc1cc(C2(CN)CC(F)(F)C2)ccc1O. The van der Waals surface area contributed by atoms with Gasteiger partial charge in [-0.3, -0.25) is 0 Å². The number of aromatic hydroxyl groups is 1. The third kappa shape index (κ3) is 2.72. The lowest BCUT2D eigenvalue weighted by atomic mass is 9.62. The molecule has 106 valence electrons. The van der Waals surface area contributed by atoms with Crippen LogP contribution in [0.4, 0.5) is 8.78 Å². The van der Waals surface area contributed by atoms with Crippen LogP contribution >= 0.6 is 0 Å². The average molecular weight is 270 g/mol. The molecular formula is C14H20F2N2O. The maximum absolute atomic E-state index is 13.2. The summed E-state index contributed by atoms with van der Waals surface area (Å²) in [6.45, 7) is 0.769. The average Bonchev–Trinajstić information content (AvgIpc) is 2.27. The van der Waals surface area contributed by atoms with Gasteiger partial charge in [0.1, 0.15) is 5.75 Å². The summed E-state index contributed by atoms with van der Waals surface area (Å²) in [6, 6.07) is 5.08. The van der Waals surface area contributed by atoms with Crippen molar-refractivity contribution in [2.24, 2.45) is 5.73 Å². The third-order valence-corrected chi connectivity index (χ3v) is 3.76. The minimum Gasteiger partial charge on any atom is -0.508 e. The van der Waals surface area contributed by atoms with Crippen molar-refractivity contribution < 1.29 is 13.9 Å². The van der Waals surface area contributed by atoms with Gasteiger partial charge in [-0.05, 0) is 25.7 Å². The first kappa shape index (κ1) is 14.2. The summed E-state index contributed by atoms with van der Waals surface area (Å²) >= 11 is 0. The molecule has 1 aromatic rings. The maximum Gasteiger partial charge on any atom is 0.250 e. The summed E-state index contributed by atoms with van der Waals surface area (Å²) in [7, 11) is 3.78. The van der Waals surface area contributed by atoms with E-state index in [0.29, 0.717) is 6.54 Å². The van der Waals surface area contributed by atoms with Crippen LogP contribution in [0, 0.1) is 0 Å². The second kappa shape index (κ2) is 4.72. The lowest BCUT2D eigenvalue weighted by Gasteiger charge is -2.47. The molecule has 1 aromatic carbocycles. The number of phenols is 1. The summed E-state index contributed by atoms with van der Waals surface area (Å²) in [5.74, 6) is -2.42. The topological polar surface area (TPSA) is 49.5 Å². The van der Waals surface area contributed by atoms with E-state index in [9.17, 15) is 13.9 Å². The predicted molar refractivity (Wildman–Crippen MR) is 70.4 cm³/mol. The zero-order valence-electron chi connectivity index (χ0n) is 11.3. The number of nitrogens with zero attached hydrogens (tertiary/aromatic N) is 1. The molecule has 0 aromatic heterocycles. The van der Waals surface area contributed by atoms with Crippen molar-refractivity contribution >= 4 is 0 Å². The fraction of sp³-hybridized carbons (Fsp3) is 0.571. The van der Waals surface area contributed by atoms with E-state index < -0.39 is 11.3 Å². The Bertz CT molecular complexity index is 467. The van der Waals surface area contributed by atoms with Crippen LogP contribution in [-0.2, 0) is 12.0 Å². The smallest absolute Gasteiger partial charge is 0.250 e. The quantitative estimate of drug-likeness (QED) is 0.880. The Hall–Kier alpha value is -1.20. The lowest BCUT2D eigenvalue weighted by molar-refractivity contribution is -0.123. The van der Waals surface area contributed by atoms with Gasteiger partial charge in [-0.15, -0.1) is 0 Å². The van der Waals surface area contributed by atoms with Crippen LogP contribution in [0.3, 0.4) is 0 Å². The molecule has 0 saturated heterocycles. The first-order valence-electron chi connectivity index (χ1n) is 6.33. The van der Waals surface area contributed by atoms with Gasteiger partial charge in [-0.2, -0.15) is 0 Å². The Morgan fingerprint density at radius 1 is 1.32 bits per heavy atom. The summed E-state index contributed by atoms with van der Waals surface area (Å²) in [5, 5.41) is 9.81. The second-order valence-corrected chi connectivity index (χ2v) is 5.78. The highest BCUT2D eigenvalue weighted by atomic mass is 19.3. The molecule has 19 heavy (non-hydrogen) atoms. The van der Waals surface area contributed by atoms with Gasteiger partial charge in [0.25, 0.3) is 0 Å². The molecular weight excluding hydrogens is 250 g/mol. The molecule has 3 N–H and O–H groups in total. The van der Waals surface area contributed by atoms with Gasteiger partial charge in [0.15, 0.2) is 0 Å². The van der Waals surface area contributed by atoms with Crippen molar-refractivity contribution in [3.63, 3.8) is 0 Å². The van der Waals surface area contributed by atoms with Crippen molar-refractivity contribution in [1.29, 1.82) is 0 Å². The number of hydrogen-bond acceptors (Lipinski definition) is 3. The van der Waals surface area contributed by atoms with Crippen molar-refractivity contribution in [2.75, 3.05) is 20.6 Å². The van der Waals surface area contributed by atoms with E-state index in [4.69, 9.17) is 5.73 Å². The molecule has 1 saturated carbocycles. The van der Waals surface area contributed by atoms with Crippen LogP contribution in [0.2, 0.25) is 0 Å². The van der Waals surface area contributed by atoms with Crippen LogP contribution < -0.4 is 5.73 Å². The van der Waals surface area contributed by atoms with E-state index >= 15 is 0 Å². The van der Waals surface area contributed by atoms with Gasteiger partial charge >= 0.3 is 0 Å². The number of halogens is 2. The number of rotatable bonds is 4. The number of benzene rings is 1. The van der Waals surface area contributed by atoms with Gasteiger partial charge in [0, 0.05) is 36.9 Å². The molecule has 0 aliphatic heterocycles. The molecule has 3 nitrogen and oxygen atoms in total. The van der Waals surface area contributed by atoms with E-state index in [2.05, 4.69) is 0 Å². The van der Waals surface area contributed by atoms with Crippen LogP contribution in [0.1, 0.15) is 24.0 Å². The molecule has 1 aliphatic carbocycles. The molecule has 0 unspecified atom stereocenters. The Balaban J connectivity index is 2.30. The third-order valence-electron chi connectivity index (χ3n) is 3.76. The number of nitrogens with two attached hydrogens (primary N) is 1. The van der Waals surface area contributed by atoms with E-state index in [1.165, 1.54) is 0 Å².